The van der Waals surface area contributed by atoms with Crippen LogP contribution < -0.4 is 35.7 Å². The molecule has 3 heterocycles. The molecule has 0 atom stereocenters. The SMILES string of the molecule is c1ccc(N2c3ccccc3N(c3cc4c5c(c3)Oc3cc6c(cc3B5c3cc5c(cc3O4)CC5)CC6)c3ccccc32)cc1. The summed E-state index contributed by atoms with van der Waals surface area (Å²) in [5.74, 6) is 3.74. The topological polar surface area (TPSA) is 24.9 Å². The number of anilines is 6. The molecule has 5 heteroatoms. The molecule has 4 nitrogen and oxygen atoms in total. The molecule has 0 radical (unpaired) electrons. The van der Waals surface area contributed by atoms with Crippen LogP contribution in [0.5, 0.6) is 23.0 Å². The van der Waals surface area contributed by atoms with Crippen molar-refractivity contribution >= 4 is 57.2 Å². The lowest BCUT2D eigenvalue weighted by Crippen LogP contribution is -2.58. The lowest BCUT2D eigenvalue weighted by Gasteiger charge is -2.41. The molecule has 0 aromatic heterocycles. The monoisotopic (exact) mass is 578 g/mol. The number of ether oxygens (including phenoxy) is 2. The van der Waals surface area contributed by atoms with E-state index in [2.05, 4.69) is 125 Å². The van der Waals surface area contributed by atoms with Gasteiger partial charge in [0.1, 0.15) is 23.0 Å². The Hall–Kier alpha value is -5.42. The highest BCUT2D eigenvalue weighted by Gasteiger charge is 2.43. The molecule has 6 aromatic rings. The molecule has 3 aliphatic heterocycles. The number of fused-ring (bicyclic) bond motifs is 8. The van der Waals surface area contributed by atoms with Gasteiger partial charge in [0, 0.05) is 23.3 Å². The van der Waals surface area contributed by atoms with Crippen LogP contribution in [0.4, 0.5) is 34.1 Å². The zero-order valence-corrected chi connectivity index (χ0v) is 24.6. The second-order valence-electron chi connectivity index (χ2n) is 12.8. The standard InChI is InChI=1S/C40H27BN2O2/c1-2-8-28(9-3-1)42-32-10-4-6-12-34(32)43(35-13-7-5-11-33(35)42)29-22-38-40-39(23-29)45-37-21-27-17-15-25(27)19-31(37)41(40)30-18-24-14-16-26(24)20-36(30)44-38/h1-13,18-23H,14-17H2. The van der Waals surface area contributed by atoms with Crippen molar-refractivity contribution in [3.63, 3.8) is 0 Å². The third-order valence-electron chi connectivity index (χ3n) is 10.4. The van der Waals surface area contributed by atoms with Crippen LogP contribution in [0.3, 0.4) is 0 Å². The van der Waals surface area contributed by atoms with E-state index >= 15 is 0 Å². The van der Waals surface area contributed by atoms with Crippen LogP contribution in [0.15, 0.2) is 115 Å². The van der Waals surface area contributed by atoms with Crippen LogP contribution >= 0.6 is 0 Å². The van der Waals surface area contributed by atoms with Gasteiger partial charge in [-0.05, 0) is 107 Å². The Kier molecular flexibility index (Phi) is 4.58. The first-order chi connectivity index (χ1) is 22.3. The van der Waals surface area contributed by atoms with E-state index in [-0.39, 0.29) is 6.71 Å². The van der Waals surface area contributed by atoms with Gasteiger partial charge in [-0.15, -0.1) is 0 Å². The molecule has 2 aliphatic carbocycles. The Morgan fingerprint density at radius 3 is 1.31 bits per heavy atom. The highest BCUT2D eigenvalue weighted by atomic mass is 16.5. The number of nitrogens with zero attached hydrogens (tertiary/aromatic N) is 2. The maximum atomic E-state index is 6.86. The molecule has 0 saturated carbocycles. The highest BCUT2D eigenvalue weighted by molar-refractivity contribution is 6.98. The Bertz CT molecular complexity index is 2130. The van der Waals surface area contributed by atoms with Gasteiger partial charge in [0.15, 0.2) is 0 Å². The first-order valence-corrected chi connectivity index (χ1v) is 16.0. The number of rotatable bonds is 2. The van der Waals surface area contributed by atoms with Gasteiger partial charge in [-0.25, -0.2) is 0 Å². The summed E-state index contributed by atoms with van der Waals surface area (Å²) in [6, 6.07) is 41.8. The molecule has 6 aromatic carbocycles. The molecular weight excluding hydrogens is 551 g/mol. The second kappa shape index (κ2) is 8.61. The number of benzene rings is 6. The predicted octanol–water partition coefficient (Wildman–Crippen LogP) is 7.86. The van der Waals surface area contributed by atoms with Crippen LogP contribution in [0.2, 0.25) is 0 Å². The van der Waals surface area contributed by atoms with E-state index in [1.54, 1.807) is 0 Å². The molecule has 0 bridgehead atoms. The number of hydrogen-bond donors (Lipinski definition) is 0. The molecule has 0 fully saturated rings. The van der Waals surface area contributed by atoms with Crippen molar-refractivity contribution in [2.24, 2.45) is 0 Å². The first kappa shape index (κ1) is 24.0. The number of hydrogen-bond acceptors (Lipinski definition) is 4. The van der Waals surface area contributed by atoms with E-state index in [0.717, 1.165) is 88.3 Å². The minimum absolute atomic E-state index is 0.0999. The van der Waals surface area contributed by atoms with Crippen molar-refractivity contribution in [3.8, 4) is 23.0 Å². The smallest absolute Gasteiger partial charge is 0.260 e. The molecule has 0 unspecified atom stereocenters. The Labute approximate surface area is 262 Å². The fourth-order valence-electron chi connectivity index (χ4n) is 8.08. The van der Waals surface area contributed by atoms with Crippen molar-refractivity contribution < 1.29 is 9.47 Å². The summed E-state index contributed by atoms with van der Waals surface area (Å²) in [5.41, 5.74) is 16.1. The van der Waals surface area contributed by atoms with Crippen molar-refractivity contribution in [1.29, 1.82) is 0 Å². The lowest BCUT2D eigenvalue weighted by molar-refractivity contribution is 0.463. The van der Waals surface area contributed by atoms with Gasteiger partial charge in [0.25, 0.3) is 6.71 Å². The zero-order valence-electron chi connectivity index (χ0n) is 24.6. The van der Waals surface area contributed by atoms with E-state index in [9.17, 15) is 0 Å². The molecule has 45 heavy (non-hydrogen) atoms. The lowest BCUT2D eigenvalue weighted by atomic mass is 9.34. The van der Waals surface area contributed by atoms with Crippen molar-refractivity contribution in [2.75, 3.05) is 9.80 Å². The number of para-hydroxylation sites is 5. The van der Waals surface area contributed by atoms with E-state index in [1.165, 1.54) is 33.2 Å². The molecule has 0 N–H and O–H groups in total. The van der Waals surface area contributed by atoms with Gasteiger partial charge < -0.3 is 19.3 Å². The van der Waals surface area contributed by atoms with Crippen LogP contribution in [0, 0.1) is 0 Å². The molecule has 0 saturated heterocycles. The van der Waals surface area contributed by atoms with Gasteiger partial charge in [-0.2, -0.15) is 0 Å². The van der Waals surface area contributed by atoms with Gasteiger partial charge in [0.05, 0.1) is 28.4 Å². The second-order valence-corrected chi connectivity index (χ2v) is 12.8. The largest absolute Gasteiger partial charge is 0.458 e. The summed E-state index contributed by atoms with van der Waals surface area (Å²) < 4.78 is 13.7. The van der Waals surface area contributed by atoms with Crippen LogP contribution in [0.25, 0.3) is 0 Å². The minimum Gasteiger partial charge on any atom is -0.458 e. The van der Waals surface area contributed by atoms with Crippen LogP contribution in [0.1, 0.15) is 22.3 Å². The predicted molar refractivity (Wildman–Crippen MR) is 182 cm³/mol. The minimum atomic E-state index is 0.0999. The van der Waals surface area contributed by atoms with E-state index in [1.807, 2.05) is 0 Å². The third-order valence-corrected chi connectivity index (χ3v) is 10.4. The van der Waals surface area contributed by atoms with Gasteiger partial charge in [-0.1, -0.05) is 54.6 Å². The maximum Gasteiger partial charge on any atom is 0.260 e. The fraction of sp³-hybridized carbons (Fsp3) is 0.100. The Morgan fingerprint density at radius 2 is 0.844 bits per heavy atom. The quantitative estimate of drug-likeness (QED) is 0.195. The molecule has 212 valence electrons. The van der Waals surface area contributed by atoms with E-state index in [0.29, 0.717) is 0 Å². The van der Waals surface area contributed by atoms with Gasteiger partial charge in [-0.3, -0.25) is 0 Å². The van der Waals surface area contributed by atoms with Crippen molar-refractivity contribution in [1.82, 2.24) is 0 Å². The average Bonchev–Trinajstić information content (AvgIpc) is 3.05. The summed E-state index contributed by atoms with van der Waals surface area (Å²) in [6.07, 6.45) is 4.55. The molecule has 0 amide bonds. The molecule has 5 aliphatic rings. The Morgan fingerprint density at radius 1 is 0.422 bits per heavy atom. The van der Waals surface area contributed by atoms with Gasteiger partial charge >= 0.3 is 0 Å². The third kappa shape index (κ3) is 3.22. The van der Waals surface area contributed by atoms with E-state index < -0.39 is 0 Å². The summed E-state index contributed by atoms with van der Waals surface area (Å²) in [5, 5.41) is 0. The molecule has 0 spiro atoms. The number of aryl methyl sites for hydroxylation is 4. The molecular formula is C40H27BN2O2. The summed E-state index contributed by atoms with van der Waals surface area (Å²) >= 11 is 0. The first-order valence-electron chi connectivity index (χ1n) is 16.0. The maximum absolute atomic E-state index is 6.86. The fourth-order valence-corrected chi connectivity index (χ4v) is 8.08. The molecule has 11 rings (SSSR count). The van der Waals surface area contributed by atoms with Gasteiger partial charge in [0.2, 0.25) is 0 Å². The zero-order chi connectivity index (χ0) is 29.2. The van der Waals surface area contributed by atoms with Crippen molar-refractivity contribution in [2.45, 2.75) is 25.7 Å². The Balaban J connectivity index is 1.14. The van der Waals surface area contributed by atoms with E-state index in [4.69, 9.17) is 9.47 Å². The normalized spacial score (nSPS) is 15.4. The van der Waals surface area contributed by atoms with Crippen LogP contribution in [-0.2, 0) is 25.7 Å². The highest BCUT2D eigenvalue weighted by Crippen LogP contribution is 2.55. The summed E-state index contributed by atoms with van der Waals surface area (Å²) in [4.78, 5) is 4.72. The van der Waals surface area contributed by atoms with Crippen molar-refractivity contribution in [3.05, 3.63) is 138 Å². The summed E-state index contributed by atoms with van der Waals surface area (Å²) in [6.45, 7) is 0.0999. The summed E-state index contributed by atoms with van der Waals surface area (Å²) in [7, 11) is 0. The average molecular weight is 578 g/mol. The van der Waals surface area contributed by atoms with Crippen LogP contribution in [-0.4, -0.2) is 6.71 Å².